The Morgan fingerprint density at radius 2 is 1.87 bits per heavy atom. The first-order valence-electron chi connectivity index (χ1n) is 7.83. The summed E-state index contributed by atoms with van der Waals surface area (Å²) in [6.07, 6.45) is 2.77. The number of carbonyl (C=O) groups is 2. The maximum atomic E-state index is 12.3. The van der Waals surface area contributed by atoms with E-state index in [1.165, 1.54) is 4.90 Å². The molecule has 134 valence electrons. The zero-order valence-corrected chi connectivity index (χ0v) is 15.0. The van der Waals surface area contributed by atoms with Gasteiger partial charge in [0.05, 0.1) is 11.5 Å². The summed E-state index contributed by atoms with van der Waals surface area (Å²) in [4.78, 5) is 26.1. The lowest BCUT2D eigenvalue weighted by molar-refractivity contribution is -0.137. The summed E-state index contributed by atoms with van der Waals surface area (Å²) in [5, 5.41) is 2.77. The molecular weight excluding hydrogens is 342 g/mol. The van der Waals surface area contributed by atoms with Crippen LogP contribution in [0.5, 0.6) is 0 Å². The molecule has 23 heavy (non-hydrogen) atoms. The number of amides is 2. The summed E-state index contributed by atoms with van der Waals surface area (Å²) < 4.78 is 22.8. The third-order valence-electron chi connectivity index (χ3n) is 4.68. The first kappa shape index (κ1) is 20.2. The van der Waals surface area contributed by atoms with Crippen molar-refractivity contribution in [1.29, 1.82) is 0 Å². The van der Waals surface area contributed by atoms with E-state index >= 15 is 0 Å². The van der Waals surface area contributed by atoms with Crippen LogP contribution in [-0.4, -0.2) is 62.3 Å². The van der Waals surface area contributed by atoms with Gasteiger partial charge >= 0.3 is 0 Å². The van der Waals surface area contributed by atoms with Gasteiger partial charge in [-0.1, -0.05) is 6.42 Å². The number of halogens is 1. The van der Waals surface area contributed by atoms with Crippen LogP contribution in [-0.2, 0) is 19.4 Å². The summed E-state index contributed by atoms with van der Waals surface area (Å²) in [5.74, 6) is -0.248. The van der Waals surface area contributed by atoms with Crippen LogP contribution in [0.1, 0.15) is 26.2 Å². The summed E-state index contributed by atoms with van der Waals surface area (Å²) >= 11 is 0. The number of nitrogens with zero attached hydrogens (tertiary/aromatic N) is 1. The Labute approximate surface area is 143 Å². The maximum absolute atomic E-state index is 12.3. The number of sulfone groups is 1. The van der Waals surface area contributed by atoms with E-state index in [-0.39, 0.29) is 60.7 Å². The number of hydrogen-bond donors (Lipinski definition) is 2. The Morgan fingerprint density at radius 1 is 1.26 bits per heavy atom. The first-order valence-corrected chi connectivity index (χ1v) is 9.66. The van der Waals surface area contributed by atoms with Crippen molar-refractivity contribution in [2.24, 2.45) is 17.6 Å². The lowest BCUT2D eigenvalue weighted by Gasteiger charge is -2.30. The topological polar surface area (TPSA) is 110 Å². The molecule has 3 N–H and O–H groups in total. The summed E-state index contributed by atoms with van der Waals surface area (Å²) in [6.45, 7) is 2.55. The fourth-order valence-corrected chi connectivity index (χ4v) is 4.45. The van der Waals surface area contributed by atoms with Crippen LogP contribution in [0, 0.1) is 11.8 Å². The molecule has 2 fully saturated rings. The monoisotopic (exact) mass is 367 g/mol. The molecule has 0 bridgehead atoms. The molecule has 0 aromatic heterocycles. The van der Waals surface area contributed by atoms with Crippen molar-refractivity contribution in [2.75, 3.05) is 31.1 Å². The van der Waals surface area contributed by atoms with Gasteiger partial charge in [-0.15, -0.1) is 12.4 Å². The minimum absolute atomic E-state index is 0. The maximum Gasteiger partial charge on any atom is 0.244 e. The van der Waals surface area contributed by atoms with E-state index < -0.39 is 15.9 Å². The Balaban J connectivity index is 0.00000264. The molecule has 2 rings (SSSR count). The quantitative estimate of drug-likeness (QED) is 0.699. The van der Waals surface area contributed by atoms with Gasteiger partial charge in [-0.05, 0) is 32.2 Å². The highest BCUT2D eigenvalue weighted by Gasteiger charge is 2.34. The molecule has 2 amide bonds. The Bertz CT molecular complexity index is 526. The van der Waals surface area contributed by atoms with Gasteiger partial charge < -0.3 is 16.0 Å². The fourth-order valence-electron chi connectivity index (χ4n) is 3.25. The molecular formula is C14H26ClN3O4S. The van der Waals surface area contributed by atoms with Crippen LogP contribution in [0.2, 0.25) is 0 Å². The molecule has 1 heterocycles. The molecule has 9 heteroatoms. The SMILES string of the molecule is CC(NC(=O)[C@@H]1CCC[C@@H]1CN)C(=O)N1CCS(=O)(=O)CC1.Cl. The Kier molecular flexibility index (Phi) is 7.29. The molecule has 1 saturated heterocycles. The molecule has 1 aliphatic carbocycles. The summed E-state index contributed by atoms with van der Waals surface area (Å²) in [5.41, 5.74) is 5.68. The van der Waals surface area contributed by atoms with Crippen molar-refractivity contribution in [3.05, 3.63) is 0 Å². The van der Waals surface area contributed by atoms with Crippen LogP contribution in [0.25, 0.3) is 0 Å². The largest absolute Gasteiger partial charge is 0.344 e. The normalized spacial score (nSPS) is 27.8. The van der Waals surface area contributed by atoms with Gasteiger partial charge in [0, 0.05) is 19.0 Å². The lowest BCUT2D eigenvalue weighted by Crippen LogP contribution is -2.52. The number of rotatable bonds is 4. The van der Waals surface area contributed by atoms with Crippen molar-refractivity contribution in [3.8, 4) is 0 Å². The second-order valence-corrected chi connectivity index (χ2v) is 8.54. The van der Waals surface area contributed by atoms with Crippen molar-refractivity contribution >= 4 is 34.1 Å². The molecule has 0 aromatic carbocycles. The van der Waals surface area contributed by atoms with Gasteiger partial charge in [0.25, 0.3) is 0 Å². The highest BCUT2D eigenvalue weighted by molar-refractivity contribution is 7.91. The fraction of sp³-hybridized carbons (Fsp3) is 0.857. The van der Waals surface area contributed by atoms with Gasteiger partial charge in [0.15, 0.2) is 9.84 Å². The molecule has 3 atom stereocenters. The second kappa shape index (κ2) is 8.30. The molecule has 1 unspecified atom stereocenters. The smallest absolute Gasteiger partial charge is 0.244 e. The average molecular weight is 368 g/mol. The molecule has 0 spiro atoms. The summed E-state index contributed by atoms with van der Waals surface area (Å²) in [7, 11) is -3.02. The van der Waals surface area contributed by atoms with Crippen LogP contribution in [0.4, 0.5) is 0 Å². The van der Waals surface area contributed by atoms with Crippen LogP contribution >= 0.6 is 12.4 Å². The van der Waals surface area contributed by atoms with Gasteiger partial charge in [0.1, 0.15) is 6.04 Å². The molecule has 0 aromatic rings. The van der Waals surface area contributed by atoms with Crippen LogP contribution in [0.3, 0.4) is 0 Å². The van der Waals surface area contributed by atoms with E-state index in [1.807, 2.05) is 0 Å². The summed E-state index contributed by atoms with van der Waals surface area (Å²) in [6, 6.07) is -0.632. The van der Waals surface area contributed by atoms with E-state index in [4.69, 9.17) is 5.73 Å². The number of nitrogens with two attached hydrogens (primary N) is 1. The Morgan fingerprint density at radius 3 is 2.43 bits per heavy atom. The number of carbonyl (C=O) groups excluding carboxylic acids is 2. The molecule has 7 nitrogen and oxygen atoms in total. The predicted molar refractivity (Wildman–Crippen MR) is 90.0 cm³/mol. The average Bonchev–Trinajstić information content (AvgIpc) is 2.95. The second-order valence-electron chi connectivity index (χ2n) is 6.24. The third-order valence-corrected chi connectivity index (χ3v) is 6.29. The Hall–Kier alpha value is -0.860. The highest BCUT2D eigenvalue weighted by atomic mass is 35.5. The highest BCUT2D eigenvalue weighted by Crippen LogP contribution is 2.31. The number of hydrogen-bond acceptors (Lipinski definition) is 5. The van der Waals surface area contributed by atoms with Crippen LogP contribution in [0.15, 0.2) is 0 Å². The third kappa shape index (κ3) is 5.06. The van der Waals surface area contributed by atoms with Gasteiger partial charge in [-0.2, -0.15) is 0 Å². The first-order chi connectivity index (χ1) is 10.3. The van der Waals surface area contributed by atoms with Crippen LogP contribution < -0.4 is 11.1 Å². The van der Waals surface area contributed by atoms with Gasteiger partial charge in [-0.3, -0.25) is 9.59 Å². The van der Waals surface area contributed by atoms with E-state index in [0.717, 1.165) is 19.3 Å². The zero-order valence-electron chi connectivity index (χ0n) is 13.4. The van der Waals surface area contributed by atoms with E-state index in [0.29, 0.717) is 6.54 Å². The molecule has 1 aliphatic heterocycles. The predicted octanol–water partition coefficient (Wildman–Crippen LogP) is -0.455. The van der Waals surface area contributed by atoms with E-state index in [2.05, 4.69) is 5.32 Å². The number of nitrogens with one attached hydrogen (secondary N) is 1. The van der Waals surface area contributed by atoms with Gasteiger partial charge in [-0.25, -0.2) is 8.42 Å². The molecule has 0 radical (unpaired) electrons. The molecule has 1 saturated carbocycles. The lowest BCUT2D eigenvalue weighted by atomic mass is 9.95. The van der Waals surface area contributed by atoms with Gasteiger partial charge in [0.2, 0.25) is 11.8 Å². The van der Waals surface area contributed by atoms with E-state index in [1.54, 1.807) is 6.92 Å². The van der Waals surface area contributed by atoms with Crippen molar-refractivity contribution in [1.82, 2.24) is 10.2 Å². The zero-order chi connectivity index (χ0) is 16.3. The van der Waals surface area contributed by atoms with E-state index in [9.17, 15) is 18.0 Å². The van der Waals surface area contributed by atoms with Crippen molar-refractivity contribution in [3.63, 3.8) is 0 Å². The van der Waals surface area contributed by atoms with Crippen molar-refractivity contribution < 1.29 is 18.0 Å². The molecule has 2 aliphatic rings. The standard InChI is InChI=1S/C14H25N3O4S.ClH/c1-10(14(19)17-5-7-22(20,21)8-6-17)16-13(18)12-4-2-3-11(12)9-15;/h10-12H,2-9,15H2,1H3,(H,16,18);1H/t10?,11-,12-;/m1./s1. The minimum atomic E-state index is -3.02. The van der Waals surface area contributed by atoms with Crippen molar-refractivity contribution in [2.45, 2.75) is 32.2 Å². The minimum Gasteiger partial charge on any atom is -0.344 e.